The topological polar surface area (TPSA) is 56.8 Å². The number of hydrogen-bond donors (Lipinski definition) is 1. The van der Waals surface area contributed by atoms with Crippen LogP contribution in [0.5, 0.6) is 17.2 Å². The Morgan fingerprint density at radius 1 is 1.00 bits per heavy atom. The second-order valence-electron chi connectivity index (χ2n) is 6.74. The van der Waals surface area contributed by atoms with E-state index >= 15 is 0 Å². The van der Waals surface area contributed by atoms with Crippen LogP contribution >= 0.6 is 0 Å². The van der Waals surface area contributed by atoms with Gasteiger partial charge >= 0.3 is 6.61 Å². The van der Waals surface area contributed by atoms with E-state index in [4.69, 9.17) is 9.47 Å². The van der Waals surface area contributed by atoms with Crippen LogP contribution in [0.3, 0.4) is 0 Å². The van der Waals surface area contributed by atoms with Gasteiger partial charge in [-0.05, 0) is 47.0 Å². The molecular weight excluding hydrogens is 404 g/mol. The summed E-state index contributed by atoms with van der Waals surface area (Å²) in [5, 5.41) is 2.92. The highest BCUT2D eigenvalue weighted by Gasteiger charge is 2.15. The van der Waals surface area contributed by atoms with Gasteiger partial charge in [-0.2, -0.15) is 8.78 Å². The Morgan fingerprint density at radius 3 is 2.48 bits per heavy atom. The Balaban J connectivity index is 1.53. The smallest absolute Gasteiger partial charge is 0.387 e. The number of benzene rings is 3. The molecule has 0 saturated carbocycles. The molecule has 1 heterocycles. The van der Waals surface area contributed by atoms with Gasteiger partial charge in [0.1, 0.15) is 5.75 Å². The Bertz CT molecular complexity index is 1080. The predicted octanol–water partition coefficient (Wildman–Crippen LogP) is 4.87. The molecule has 3 aromatic carbocycles. The highest BCUT2D eigenvalue weighted by Crippen LogP contribution is 2.32. The van der Waals surface area contributed by atoms with Gasteiger partial charge in [0, 0.05) is 12.1 Å². The molecule has 158 valence electrons. The Labute approximate surface area is 177 Å². The highest BCUT2D eigenvalue weighted by atomic mass is 19.3. The van der Waals surface area contributed by atoms with Crippen molar-refractivity contribution in [3.8, 4) is 17.2 Å². The maximum Gasteiger partial charge on any atom is 0.387 e. The van der Waals surface area contributed by atoms with Gasteiger partial charge in [-0.25, -0.2) is 0 Å². The molecule has 0 aromatic heterocycles. The summed E-state index contributed by atoms with van der Waals surface area (Å²) in [5.74, 6) is 1.12. The van der Waals surface area contributed by atoms with Gasteiger partial charge in [0.2, 0.25) is 6.79 Å². The first-order valence-electron chi connectivity index (χ1n) is 9.57. The third-order valence-corrected chi connectivity index (χ3v) is 4.64. The van der Waals surface area contributed by atoms with E-state index in [2.05, 4.69) is 10.1 Å². The first kappa shape index (κ1) is 20.4. The average Bonchev–Trinajstić information content (AvgIpc) is 3.25. The summed E-state index contributed by atoms with van der Waals surface area (Å²) in [5.41, 5.74) is 2.74. The largest absolute Gasteiger partial charge is 0.454 e. The van der Waals surface area contributed by atoms with Crippen molar-refractivity contribution >= 4 is 17.6 Å². The number of carbonyl (C=O) groups is 1. The minimum Gasteiger partial charge on any atom is -0.454 e. The fourth-order valence-corrected chi connectivity index (χ4v) is 3.14. The average molecular weight is 423 g/mol. The van der Waals surface area contributed by atoms with Crippen LogP contribution < -0.4 is 19.5 Å². The van der Waals surface area contributed by atoms with E-state index in [1.54, 1.807) is 24.3 Å². The third-order valence-electron chi connectivity index (χ3n) is 4.64. The molecule has 1 aliphatic heterocycles. The molecule has 1 amide bonds. The van der Waals surface area contributed by atoms with Crippen molar-refractivity contribution in [2.45, 2.75) is 13.2 Å². The normalized spacial score (nSPS) is 12.7. The van der Waals surface area contributed by atoms with Gasteiger partial charge in [-0.1, -0.05) is 48.5 Å². The molecule has 4 rings (SSSR count). The minimum absolute atomic E-state index is 0.0562. The summed E-state index contributed by atoms with van der Waals surface area (Å²) in [4.78, 5) is 13.0. The summed E-state index contributed by atoms with van der Waals surface area (Å²) < 4.78 is 39.8. The number of halogens is 2. The van der Waals surface area contributed by atoms with Crippen LogP contribution in [0.25, 0.3) is 11.6 Å². The van der Waals surface area contributed by atoms with E-state index in [9.17, 15) is 13.6 Å². The molecule has 0 unspecified atom stereocenters. The zero-order valence-corrected chi connectivity index (χ0v) is 16.4. The van der Waals surface area contributed by atoms with Crippen LogP contribution in [-0.2, 0) is 11.3 Å². The van der Waals surface area contributed by atoms with Gasteiger partial charge in [0.15, 0.2) is 11.5 Å². The van der Waals surface area contributed by atoms with Gasteiger partial charge in [0.05, 0.1) is 0 Å². The maximum atomic E-state index is 13.0. The number of rotatable bonds is 7. The molecule has 0 spiro atoms. The van der Waals surface area contributed by atoms with Crippen molar-refractivity contribution in [2.75, 3.05) is 6.79 Å². The first-order chi connectivity index (χ1) is 15.1. The summed E-state index contributed by atoms with van der Waals surface area (Å²) in [7, 11) is 0. The molecular formula is C24H19F2NO4. The maximum absolute atomic E-state index is 13.0. The Kier molecular flexibility index (Phi) is 6.12. The van der Waals surface area contributed by atoms with Crippen molar-refractivity contribution in [3.05, 3.63) is 89.5 Å². The van der Waals surface area contributed by atoms with Crippen LogP contribution in [0.2, 0.25) is 0 Å². The summed E-state index contributed by atoms with van der Waals surface area (Å²) in [6.45, 7) is -2.39. The van der Waals surface area contributed by atoms with Gasteiger partial charge in [0.25, 0.3) is 5.91 Å². The summed E-state index contributed by atoms with van der Waals surface area (Å²) in [6.07, 6.45) is 1.70. The Morgan fingerprint density at radius 2 is 1.74 bits per heavy atom. The van der Waals surface area contributed by atoms with Crippen molar-refractivity contribution in [2.24, 2.45) is 0 Å². The number of amides is 1. The molecule has 31 heavy (non-hydrogen) atoms. The van der Waals surface area contributed by atoms with Crippen LogP contribution in [0.4, 0.5) is 8.78 Å². The lowest BCUT2D eigenvalue weighted by atomic mass is 10.0. The van der Waals surface area contributed by atoms with Crippen LogP contribution in [0.15, 0.2) is 72.8 Å². The molecule has 0 bridgehead atoms. The number of ether oxygens (including phenoxy) is 3. The van der Waals surface area contributed by atoms with E-state index in [1.165, 1.54) is 12.1 Å². The van der Waals surface area contributed by atoms with Crippen molar-refractivity contribution in [1.29, 1.82) is 0 Å². The van der Waals surface area contributed by atoms with Gasteiger partial charge < -0.3 is 19.5 Å². The van der Waals surface area contributed by atoms with Crippen molar-refractivity contribution < 1.29 is 27.8 Å². The third kappa shape index (κ3) is 5.19. The fourth-order valence-electron chi connectivity index (χ4n) is 3.14. The summed E-state index contributed by atoms with van der Waals surface area (Å²) >= 11 is 0. The zero-order chi connectivity index (χ0) is 21.6. The van der Waals surface area contributed by atoms with E-state index < -0.39 is 6.61 Å². The van der Waals surface area contributed by atoms with E-state index in [0.717, 1.165) is 11.1 Å². The van der Waals surface area contributed by atoms with Crippen LogP contribution in [-0.4, -0.2) is 19.3 Å². The van der Waals surface area contributed by atoms with Gasteiger partial charge in [-0.3, -0.25) is 4.79 Å². The zero-order valence-electron chi connectivity index (χ0n) is 16.4. The molecule has 1 aliphatic rings. The van der Waals surface area contributed by atoms with Crippen molar-refractivity contribution in [1.82, 2.24) is 5.32 Å². The van der Waals surface area contributed by atoms with E-state index in [0.29, 0.717) is 29.2 Å². The Hall–Kier alpha value is -3.87. The fraction of sp³-hybridized carbons (Fsp3) is 0.125. The number of carbonyl (C=O) groups excluding carboxylic acids is 1. The molecule has 7 heteroatoms. The molecule has 0 aliphatic carbocycles. The second-order valence-corrected chi connectivity index (χ2v) is 6.74. The highest BCUT2D eigenvalue weighted by molar-refractivity contribution is 6.24. The molecule has 0 atom stereocenters. The lowest BCUT2D eigenvalue weighted by Crippen LogP contribution is -2.23. The molecule has 3 aromatic rings. The van der Waals surface area contributed by atoms with Crippen LogP contribution in [0.1, 0.15) is 16.7 Å². The monoisotopic (exact) mass is 423 g/mol. The molecule has 5 nitrogen and oxygen atoms in total. The van der Waals surface area contributed by atoms with Gasteiger partial charge in [-0.15, -0.1) is 0 Å². The van der Waals surface area contributed by atoms with E-state index in [1.807, 2.05) is 42.5 Å². The lowest BCUT2D eigenvalue weighted by Gasteiger charge is -2.11. The number of fused-ring (bicyclic) bond motifs is 1. The number of nitrogens with one attached hydrogen (secondary N) is 1. The minimum atomic E-state index is -2.89. The quantitative estimate of drug-likeness (QED) is 0.435. The SMILES string of the molecule is O=C(NCc1ccc2c(c1)OCO2)/C(=C/c1ccc(OC(F)F)cc1)c1ccccc1. The second kappa shape index (κ2) is 9.30. The molecule has 0 fully saturated rings. The summed E-state index contributed by atoms with van der Waals surface area (Å²) in [6, 6.07) is 20.8. The lowest BCUT2D eigenvalue weighted by molar-refractivity contribution is -0.115. The van der Waals surface area contributed by atoms with Crippen molar-refractivity contribution in [3.63, 3.8) is 0 Å². The number of hydrogen-bond acceptors (Lipinski definition) is 4. The predicted molar refractivity (Wildman–Crippen MR) is 112 cm³/mol. The molecule has 0 saturated heterocycles. The molecule has 1 N–H and O–H groups in total. The first-order valence-corrected chi connectivity index (χ1v) is 9.57. The molecule has 0 radical (unpaired) electrons. The van der Waals surface area contributed by atoms with E-state index in [-0.39, 0.29) is 18.4 Å². The number of alkyl halides is 2. The standard InChI is InChI=1S/C24H19F2NO4/c25-24(26)31-19-9-6-16(7-10-19)12-20(18-4-2-1-3-5-18)23(28)27-14-17-8-11-21-22(13-17)30-15-29-21/h1-13,24H,14-15H2,(H,27,28)/b20-12+. The van der Waals surface area contributed by atoms with Crippen LogP contribution in [0, 0.1) is 0 Å².